The molecule has 1 unspecified atom stereocenters. The number of likely N-dealkylation sites (tertiary alicyclic amines) is 1. The van der Waals surface area contributed by atoms with Crippen LogP contribution in [0.2, 0.25) is 0 Å². The first-order valence-corrected chi connectivity index (χ1v) is 9.58. The van der Waals surface area contributed by atoms with Crippen molar-refractivity contribution in [2.24, 2.45) is 5.41 Å². The zero-order valence-electron chi connectivity index (χ0n) is 14.0. The zero-order valence-corrected chi connectivity index (χ0v) is 14.8. The molecule has 6 nitrogen and oxygen atoms in total. The Labute approximate surface area is 151 Å². The minimum absolute atomic E-state index is 0.0156. The van der Waals surface area contributed by atoms with Crippen molar-refractivity contribution >= 4 is 17.7 Å². The predicted molar refractivity (Wildman–Crippen MR) is 93.3 cm³/mol. The summed E-state index contributed by atoms with van der Waals surface area (Å²) in [6, 6.07) is 5.42. The van der Waals surface area contributed by atoms with Gasteiger partial charge in [0.15, 0.2) is 10.9 Å². The van der Waals surface area contributed by atoms with Gasteiger partial charge < -0.3 is 14.1 Å². The van der Waals surface area contributed by atoms with E-state index in [1.54, 1.807) is 24.5 Å². The third-order valence-corrected chi connectivity index (χ3v) is 5.79. The van der Waals surface area contributed by atoms with Crippen LogP contribution in [0.4, 0.5) is 0 Å². The second-order valence-corrected chi connectivity index (χ2v) is 7.66. The summed E-state index contributed by atoms with van der Waals surface area (Å²) in [6.45, 7) is 3.15. The lowest BCUT2D eigenvalue weighted by molar-refractivity contribution is 0.0436. The zero-order chi connectivity index (χ0) is 17.1. The van der Waals surface area contributed by atoms with Crippen LogP contribution < -0.4 is 0 Å². The number of rotatable bonds is 4. The minimum Gasteiger partial charge on any atom is -0.455 e. The fourth-order valence-corrected chi connectivity index (χ4v) is 4.27. The molecule has 4 rings (SSSR count). The van der Waals surface area contributed by atoms with Crippen molar-refractivity contribution in [3.63, 3.8) is 0 Å². The average molecular weight is 359 g/mol. The molecule has 2 aromatic rings. The van der Waals surface area contributed by atoms with Crippen molar-refractivity contribution < 1.29 is 13.9 Å². The number of thioether (sulfide) groups is 1. The van der Waals surface area contributed by atoms with Gasteiger partial charge in [0.25, 0.3) is 5.91 Å². The van der Waals surface area contributed by atoms with Gasteiger partial charge in [0.05, 0.1) is 12.4 Å². The van der Waals surface area contributed by atoms with Gasteiger partial charge in [0.1, 0.15) is 5.76 Å². The van der Waals surface area contributed by atoms with Crippen molar-refractivity contribution in [1.82, 2.24) is 14.9 Å². The Hall–Kier alpha value is -1.86. The van der Waals surface area contributed by atoms with E-state index in [2.05, 4.69) is 9.97 Å². The van der Waals surface area contributed by atoms with Gasteiger partial charge in [-0.3, -0.25) is 4.79 Å². The molecule has 0 N–H and O–H groups in total. The highest BCUT2D eigenvalue weighted by molar-refractivity contribution is 7.98. The molecule has 2 fully saturated rings. The summed E-state index contributed by atoms with van der Waals surface area (Å²) in [7, 11) is 0. The minimum atomic E-state index is -0.0156. The fourth-order valence-electron chi connectivity index (χ4n) is 3.57. The van der Waals surface area contributed by atoms with E-state index in [9.17, 15) is 4.79 Å². The van der Waals surface area contributed by atoms with Crippen molar-refractivity contribution in [3.05, 3.63) is 42.1 Å². The van der Waals surface area contributed by atoms with Crippen molar-refractivity contribution in [1.29, 1.82) is 0 Å². The quantitative estimate of drug-likeness (QED) is 0.617. The van der Waals surface area contributed by atoms with Gasteiger partial charge in [-0.1, -0.05) is 11.8 Å². The SMILES string of the molecule is O=C(c1ccc(CSc2ncccn2)o1)N1CCCC2(CCOC2)C1. The van der Waals surface area contributed by atoms with E-state index < -0.39 is 0 Å². The number of piperidine rings is 1. The Morgan fingerprint density at radius 3 is 2.96 bits per heavy atom. The number of carbonyl (C=O) groups is 1. The predicted octanol–water partition coefficient (Wildman–Crippen LogP) is 3.00. The lowest BCUT2D eigenvalue weighted by atomic mass is 9.79. The number of hydrogen-bond acceptors (Lipinski definition) is 6. The smallest absolute Gasteiger partial charge is 0.289 e. The molecule has 2 aliphatic rings. The molecular weight excluding hydrogens is 338 g/mol. The molecule has 0 aromatic carbocycles. The van der Waals surface area contributed by atoms with Gasteiger partial charge in [-0.15, -0.1) is 0 Å². The monoisotopic (exact) mass is 359 g/mol. The number of aromatic nitrogens is 2. The van der Waals surface area contributed by atoms with Crippen LogP contribution in [0.3, 0.4) is 0 Å². The maximum Gasteiger partial charge on any atom is 0.289 e. The first-order chi connectivity index (χ1) is 12.2. The van der Waals surface area contributed by atoms with Crippen molar-refractivity contribution in [3.8, 4) is 0 Å². The molecule has 132 valence electrons. The van der Waals surface area contributed by atoms with Crippen LogP contribution in [0.1, 0.15) is 35.6 Å². The summed E-state index contributed by atoms with van der Waals surface area (Å²) in [6.07, 6.45) is 6.66. The highest BCUT2D eigenvalue weighted by Crippen LogP contribution is 2.38. The lowest BCUT2D eigenvalue weighted by Crippen LogP contribution is -2.46. The molecule has 1 atom stereocenters. The van der Waals surface area contributed by atoms with Crippen molar-refractivity contribution in [2.45, 2.75) is 30.2 Å². The Bertz CT molecular complexity index is 728. The Morgan fingerprint density at radius 1 is 1.28 bits per heavy atom. The van der Waals surface area contributed by atoms with Gasteiger partial charge in [0.2, 0.25) is 0 Å². The standard InChI is InChI=1S/C18H21N3O3S/c22-16(21-9-1-5-18(12-21)6-10-23-13-18)15-4-3-14(24-15)11-25-17-19-7-2-8-20-17/h2-4,7-8H,1,5-6,9-13H2. The lowest BCUT2D eigenvalue weighted by Gasteiger charge is -2.39. The normalized spacial score (nSPS) is 23.3. The molecule has 1 spiro atoms. The number of ether oxygens (including phenoxy) is 1. The molecule has 0 saturated carbocycles. The summed E-state index contributed by atoms with van der Waals surface area (Å²) in [5.41, 5.74) is 0.157. The largest absolute Gasteiger partial charge is 0.455 e. The van der Waals surface area contributed by atoms with E-state index in [-0.39, 0.29) is 11.3 Å². The first kappa shape index (κ1) is 16.6. The highest BCUT2D eigenvalue weighted by atomic mass is 32.2. The summed E-state index contributed by atoms with van der Waals surface area (Å²) >= 11 is 1.49. The van der Waals surface area contributed by atoms with Gasteiger partial charge in [-0.25, -0.2) is 9.97 Å². The summed E-state index contributed by atoms with van der Waals surface area (Å²) in [5.74, 6) is 1.77. The summed E-state index contributed by atoms with van der Waals surface area (Å²) in [5, 5.41) is 0.700. The van der Waals surface area contributed by atoms with E-state index >= 15 is 0 Å². The van der Waals surface area contributed by atoms with Crippen LogP contribution in [0.25, 0.3) is 0 Å². The molecule has 0 radical (unpaired) electrons. The van der Waals surface area contributed by atoms with E-state index in [0.29, 0.717) is 16.7 Å². The van der Waals surface area contributed by atoms with E-state index in [1.807, 2.05) is 11.0 Å². The Balaban J connectivity index is 1.38. The molecule has 1 amide bonds. The van der Waals surface area contributed by atoms with Gasteiger partial charge in [-0.05, 0) is 37.5 Å². The molecule has 4 heterocycles. The van der Waals surface area contributed by atoms with Crippen LogP contribution in [0, 0.1) is 5.41 Å². The number of hydrogen-bond donors (Lipinski definition) is 0. The van der Waals surface area contributed by atoms with Crippen molar-refractivity contribution in [2.75, 3.05) is 26.3 Å². The van der Waals surface area contributed by atoms with E-state index in [1.165, 1.54) is 11.8 Å². The van der Waals surface area contributed by atoms with Gasteiger partial charge >= 0.3 is 0 Å². The fraction of sp³-hybridized carbons (Fsp3) is 0.500. The highest BCUT2D eigenvalue weighted by Gasteiger charge is 2.40. The molecule has 0 bridgehead atoms. The maximum absolute atomic E-state index is 12.8. The first-order valence-electron chi connectivity index (χ1n) is 8.60. The number of carbonyl (C=O) groups excluding carboxylic acids is 1. The number of nitrogens with zero attached hydrogens (tertiary/aromatic N) is 3. The molecule has 2 aliphatic heterocycles. The topological polar surface area (TPSA) is 68.5 Å². The van der Waals surface area contributed by atoms with Gasteiger partial charge in [-0.2, -0.15) is 0 Å². The molecule has 0 aliphatic carbocycles. The Morgan fingerprint density at radius 2 is 2.16 bits per heavy atom. The van der Waals surface area contributed by atoms with E-state index in [0.717, 1.165) is 51.3 Å². The van der Waals surface area contributed by atoms with Gasteiger partial charge in [0, 0.05) is 37.5 Å². The second-order valence-electron chi connectivity index (χ2n) is 6.72. The molecular formula is C18H21N3O3S. The van der Waals surface area contributed by atoms with Crippen LogP contribution in [-0.4, -0.2) is 47.1 Å². The van der Waals surface area contributed by atoms with Crippen LogP contribution >= 0.6 is 11.8 Å². The third-order valence-electron chi connectivity index (χ3n) is 4.89. The number of furan rings is 1. The molecule has 2 aromatic heterocycles. The molecule has 7 heteroatoms. The molecule has 2 saturated heterocycles. The third kappa shape index (κ3) is 3.72. The Kier molecular flexibility index (Phi) is 4.76. The average Bonchev–Trinajstić information content (AvgIpc) is 3.30. The van der Waals surface area contributed by atoms with Crippen LogP contribution in [0.15, 0.2) is 40.2 Å². The van der Waals surface area contributed by atoms with Crippen LogP contribution in [0.5, 0.6) is 0 Å². The summed E-state index contributed by atoms with van der Waals surface area (Å²) in [4.78, 5) is 23.1. The summed E-state index contributed by atoms with van der Waals surface area (Å²) < 4.78 is 11.3. The second kappa shape index (κ2) is 7.17. The maximum atomic E-state index is 12.8. The number of amides is 1. The van der Waals surface area contributed by atoms with Crippen LogP contribution in [-0.2, 0) is 10.5 Å². The van der Waals surface area contributed by atoms with E-state index in [4.69, 9.17) is 9.15 Å². The molecule has 25 heavy (non-hydrogen) atoms.